The Balaban J connectivity index is 2.67. The molecule has 0 saturated heterocycles. The standard InChI is InChI=1S/C20H35N3O6S/c1-3-4-5-6-7-14(2)16-10-8-15(12-23-16)9-11-17(24)18(25)20(21,19(26)27)13-30(22,28)29/h8,10,12,14,17-18,24-25H,3-7,9,11,13,21H2,1-2H3,(H,26,27)(H2,22,28,29). The molecule has 4 atom stereocenters. The number of nitrogens with two attached hydrogens (primary N) is 2. The molecule has 0 aliphatic heterocycles. The number of rotatable bonds is 14. The first kappa shape index (κ1) is 26.4. The lowest BCUT2D eigenvalue weighted by Gasteiger charge is -2.32. The van der Waals surface area contributed by atoms with Crippen molar-refractivity contribution in [1.82, 2.24) is 4.98 Å². The van der Waals surface area contributed by atoms with Crippen molar-refractivity contribution in [2.75, 3.05) is 5.75 Å². The molecular weight excluding hydrogens is 410 g/mol. The Morgan fingerprint density at radius 1 is 1.20 bits per heavy atom. The third-order valence-electron chi connectivity index (χ3n) is 5.30. The Morgan fingerprint density at radius 2 is 1.87 bits per heavy atom. The third kappa shape index (κ3) is 8.27. The topological polar surface area (TPSA) is 177 Å². The second-order valence-electron chi connectivity index (χ2n) is 8.05. The molecule has 172 valence electrons. The number of unbranched alkanes of at least 4 members (excludes halogenated alkanes) is 3. The summed E-state index contributed by atoms with van der Waals surface area (Å²) in [5.74, 6) is -2.61. The molecule has 0 aliphatic carbocycles. The molecule has 0 saturated carbocycles. The Labute approximate surface area is 178 Å². The van der Waals surface area contributed by atoms with E-state index in [1.807, 2.05) is 12.1 Å². The van der Waals surface area contributed by atoms with Crippen LogP contribution >= 0.6 is 0 Å². The molecule has 4 unspecified atom stereocenters. The maximum atomic E-state index is 11.4. The van der Waals surface area contributed by atoms with Crippen molar-refractivity contribution in [3.8, 4) is 0 Å². The summed E-state index contributed by atoms with van der Waals surface area (Å²) in [7, 11) is -4.28. The number of primary sulfonamides is 1. The van der Waals surface area contributed by atoms with E-state index in [1.165, 1.54) is 19.3 Å². The first-order valence-corrected chi connectivity index (χ1v) is 12.0. The van der Waals surface area contributed by atoms with Gasteiger partial charge in [-0.05, 0) is 36.8 Å². The molecule has 0 fully saturated rings. The van der Waals surface area contributed by atoms with Crippen LogP contribution in [0, 0.1) is 0 Å². The van der Waals surface area contributed by atoms with Crippen molar-refractivity contribution in [1.29, 1.82) is 0 Å². The van der Waals surface area contributed by atoms with E-state index in [9.17, 15) is 28.5 Å². The number of sulfonamides is 1. The molecule has 30 heavy (non-hydrogen) atoms. The summed E-state index contributed by atoms with van der Waals surface area (Å²) in [6, 6.07) is 3.80. The quantitative estimate of drug-likeness (QED) is 0.262. The van der Waals surface area contributed by atoms with Gasteiger partial charge in [-0.2, -0.15) is 0 Å². The molecule has 0 spiro atoms. The predicted molar refractivity (Wildman–Crippen MR) is 114 cm³/mol. The lowest BCUT2D eigenvalue weighted by molar-refractivity contribution is -0.150. The van der Waals surface area contributed by atoms with Crippen LogP contribution in [0.4, 0.5) is 0 Å². The maximum absolute atomic E-state index is 11.4. The van der Waals surface area contributed by atoms with Crippen LogP contribution in [0.25, 0.3) is 0 Å². The smallest absolute Gasteiger partial charge is 0.327 e. The summed E-state index contributed by atoms with van der Waals surface area (Å²) in [4.78, 5) is 15.9. The van der Waals surface area contributed by atoms with Crippen molar-refractivity contribution < 1.29 is 28.5 Å². The zero-order valence-corrected chi connectivity index (χ0v) is 18.5. The molecule has 7 N–H and O–H groups in total. The zero-order chi connectivity index (χ0) is 22.9. The molecular formula is C20H35N3O6S. The van der Waals surface area contributed by atoms with Gasteiger partial charge < -0.3 is 21.1 Å². The summed E-state index contributed by atoms with van der Waals surface area (Å²) in [6.45, 7) is 4.31. The number of carboxylic acids is 1. The summed E-state index contributed by atoms with van der Waals surface area (Å²) in [5, 5.41) is 34.5. The summed E-state index contributed by atoms with van der Waals surface area (Å²) in [5.41, 5.74) is 4.74. The van der Waals surface area contributed by atoms with Crippen LogP contribution in [0.15, 0.2) is 18.3 Å². The van der Waals surface area contributed by atoms with Crippen molar-refractivity contribution in [2.45, 2.75) is 82.5 Å². The monoisotopic (exact) mass is 445 g/mol. The van der Waals surface area contributed by atoms with Gasteiger partial charge in [-0.15, -0.1) is 0 Å². The molecule has 1 rings (SSSR count). The Bertz CT molecular complexity index is 771. The van der Waals surface area contributed by atoms with E-state index < -0.39 is 39.5 Å². The summed E-state index contributed by atoms with van der Waals surface area (Å²) in [6.07, 6.45) is 4.28. The molecule has 1 aromatic heterocycles. The number of nitrogens with zero attached hydrogens (tertiary/aromatic N) is 1. The highest BCUT2D eigenvalue weighted by atomic mass is 32.2. The SMILES string of the molecule is CCCCCCC(C)c1ccc(CCC(O)C(O)C(N)(CS(N)(=O)=O)C(=O)O)cn1. The highest BCUT2D eigenvalue weighted by molar-refractivity contribution is 7.89. The van der Waals surface area contributed by atoms with E-state index in [0.717, 1.165) is 24.1 Å². The maximum Gasteiger partial charge on any atom is 0.327 e. The van der Waals surface area contributed by atoms with Gasteiger partial charge in [0.15, 0.2) is 5.54 Å². The highest BCUT2D eigenvalue weighted by Gasteiger charge is 2.47. The summed E-state index contributed by atoms with van der Waals surface area (Å²) < 4.78 is 22.6. The van der Waals surface area contributed by atoms with E-state index in [1.54, 1.807) is 6.20 Å². The molecule has 0 aromatic carbocycles. The van der Waals surface area contributed by atoms with Gasteiger partial charge in [0, 0.05) is 11.9 Å². The van der Waals surface area contributed by atoms with Gasteiger partial charge in [0.05, 0.1) is 11.9 Å². The number of pyridine rings is 1. The number of hydrogen-bond acceptors (Lipinski definition) is 7. The molecule has 1 heterocycles. The van der Waals surface area contributed by atoms with Gasteiger partial charge in [0.2, 0.25) is 10.0 Å². The lowest BCUT2D eigenvalue weighted by Crippen LogP contribution is -2.65. The number of aromatic nitrogens is 1. The van der Waals surface area contributed by atoms with Crippen LogP contribution in [0.3, 0.4) is 0 Å². The fourth-order valence-corrected chi connectivity index (χ4v) is 4.28. The minimum absolute atomic E-state index is 0.0222. The number of aliphatic carboxylic acids is 1. The molecule has 0 bridgehead atoms. The first-order chi connectivity index (χ1) is 13.9. The average Bonchev–Trinajstić information content (AvgIpc) is 2.67. The van der Waals surface area contributed by atoms with E-state index in [0.29, 0.717) is 12.3 Å². The number of carbonyl (C=O) groups is 1. The number of carboxylic acid groups (broad SMARTS) is 1. The first-order valence-electron chi connectivity index (χ1n) is 10.2. The van der Waals surface area contributed by atoms with Gasteiger partial charge >= 0.3 is 5.97 Å². The molecule has 0 aliphatic rings. The van der Waals surface area contributed by atoms with Crippen molar-refractivity contribution in [2.24, 2.45) is 10.9 Å². The van der Waals surface area contributed by atoms with Crippen LogP contribution in [0.5, 0.6) is 0 Å². The largest absolute Gasteiger partial charge is 0.480 e. The van der Waals surface area contributed by atoms with Gasteiger partial charge in [-0.1, -0.05) is 45.6 Å². The Kier molecular flexibility index (Phi) is 10.3. The molecule has 9 nitrogen and oxygen atoms in total. The Hall–Kier alpha value is -1.59. The number of aryl methyl sites for hydroxylation is 1. The fourth-order valence-electron chi connectivity index (χ4n) is 3.32. The van der Waals surface area contributed by atoms with Crippen LogP contribution in [-0.4, -0.2) is 58.2 Å². The molecule has 1 aromatic rings. The number of aliphatic hydroxyl groups is 2. The van der Waals surface area contributed by atoms with Crippen molar-refractivity contribution in [3.63, 3.8) is 0 Å². The predicted octanol–water partition coefficient (Wildman–Crippen LogP) is 0.881. The molecule has 0 amide bonds. The lowest BCUT2D eigenvalue weighted by atomic mass is 9.89. The Morgan fingerprint density at radius 3 is 2.37 bits per heavy atom. The number of aliphatic hydroxyl groups excluding tert-OH is 2. The van der Waals surface area contributed by atoms with E-state index >= 15 is 0 Å². The van der Waals surface area contributed by atoms with Gasteiger partial charge in [-0.3, -0.25) is 9.78 Å². The normalized spacial score (nSPS) is 17.1. The van der Waals surface area contributed by atoms with E-state index in [2.05, 4.69) is 18.8 Å². The minimum Gasteiger partial charge on any atom is -0.480 e. The van der Waals surface area contributed by atoms with E-state index in [-0.39, 0.29) is 6.42 Å². The summed E-state index contributed by atoms with van der Waals surface area (Å²) >= 11 is 0. The fraction of sp³-hybridized carbons (Fsp3) is 0.700. The third-order valence-corrected chi connectivity index (χ3v) is 6.18. The molecule has 10 heteroatoms. The van der Waals surface area contributed by atoms with Gasteiger partial charge in [0.1, 0.15) is 6.10 Å². The van der Waals surface area contributed by atoms with Crippen molar-refractivity contribution >= 4 is 16.0 Å². The zero-order valence-electron chi connectivity index (χ0n) is 17.7. The second kappa shape index (κ2) is 11.7. The van der Waals surface area contributed by atoms with E-state index in [4.69, 9.17) is 10.9 Å². The van der Waals surface area contributed by atoms with Gasteiger partial charge in [-0.25, -0.2) is 13.6 Å². The van der Waals surface area contributed by atoms with Gasteiger partial charge in [0.25, 0.3) is 0 Å². The average molecular weight is 446 g/mol. The second-order valence-corrected chi connectivity index (χ2v) is 9.66. The number of hydrogen-bond donors (Lipinski definition) is 5. The van der Waals surface area contributed by atoms with Crippen LogP contribution in [0.2, 0.25) is 0 Å². The van der Waals surface area contributed by atoms with Crippen LogP contribution < -0.4 is 10.9 Å². The van der Waals surface area contributed by atoms with Crippen LogP contribution in [-0.2, 0) is 21.2 Å². The highest BCUT2D eigenvalue weighted by Crippen LogP contribution is 2.22. The van der Waals surface area contributed by atoms with Crippen molar-refractivity contribution in [3.05, 3.63) is 29.6 Å². The van der Waals surface area contributed by atoms with Crippen LogP contribution in [0.1, 0.15) is 69.5 Å². The molecule has 0 radical (unpaired) electrons. The minimum atomic E-state index is -4.28.